The number of hydrogen-bond acceptors (Lipinski definition) is 5. The number of nitrogens with one attached hydrogen (secondary N) is 1. The summed E-state index contributed by atoms with van der Waals surface area (Å²) in [4.78, 5) is 4.54. The largest absolute Gasteiger partial charge is 0.378 e. The van der Waals surface area contributed by atoms with Crippen LogP contribution in [0.4, 0.5) is 5.69 Å². The Morgan fingerprint density at radius 2 is 2.05 bits per heavy atom. The van der Waals surface area contributed by atoms with Crippen molar-refractivity contribution in [1.82, 2.24) is 4.98 Å². The topological polar surface area (TPSA) is 24.9 Å². The van der Waals surface area contributed by atoms with Crippen LogP contribution in [0.1, 0.15) is 18.5 Å². The number of anilines is 1. The highest BCUT2D eigenvalue weighted by Crippen LogP contribution is 2.37. The lowest BCUT2D eigenvalue weighted by molar-refractivity contribution is 0.891. The summed E-state index contributed by atoms with van der Waals surface area (Å²) < 4.78 is 3.73. The van der Waals surface area contributed by atoms with Gasteiger partial charge in [0.2, 0.25) is 0 Å². The molecule has 21 heavy (non-hydrogen) atoms. The molecule has 7 heteroatoms. The van der Waals surface area contributed by atoms with Crippen LogP contribution in [0.15, 0.2) is 28.6 Å². The van der Waals surface area contributed by atoms with Crippen molar-refractivity contribution < 1.29 is 0 Å². The second kappa shape index (κ2) is 6.34. The average molecular weight is 375 g/mol. The maximum absolute atomic E-state index is 6.21. The number of rotatable bonds is 4. The first-order chi connectivity index (χ1) is 10.1. The molecule has 1 atom stereocenters. The second-order valence-corrected chi connectivity index (χ2v) is 8.88. The molecule has 0 saturated heterocycles. The lowest BCUT2D eigenvalue weighted by atomic mass is 10.1. The van der Waals surface area contributed by atoms with Crippen molar-refractivity contribution in [1.29, 1.82) is 0 Å². The number of benzene rings is 1. The summed E-state index contributed by atoms with van der Waals surface area (Å²) in [6.07, 6.45) is 2.04. The maximum atomic E-state index is 6.21. The van der Waals surface area contributed by atoms with Gasteiger partial charge in [0.25, 0.3) is 0 Å². The zero-order chi connectivity index (χ0) is 15.0. The Morgan fingerprint density at radius 3 is 2.71 bits per heavy atom. The van der Waals surface area contributed by atoms with Crippen LogP contribution in [-0.4, -0.2) is 11.2 Å². The summed E-state index contributed by atoms with van der Waals surface area (Å²) in [5.74, 6) is 0. The molecule has 0 spiro atoms. The minimum Gasteiger partial charge on any atom is -0.378 e. The quantitative estimate of drug-likeness (QED) is 0.523. The molecule has 0 fully saturated rings. The Hall–Kier alpha value is -0.460. The third-order valence-electron chi connectivity index (χ3n) is 3.08. The number of aromatic nitrogens is 1. The molecule has 1 aromatic carbocycles. The van der Waals surface area contributed by atoms with Gasteiger partial charge >= 0.3 is 0 Å². The van der Waals surface area contributed by atoms with Crippen LogP contribution in [0.5, 0.6) is 0 Å². The fourth-order valence-electron chi connectivity index (χ4n) is 2.06. The molecule has 3 aromatic rings. The van der Waals surface area contributed by atoms with Gasteiger partial charge in [0.05, 0.1) is 24.9 Å². The number of fused-ring (bicyclic) bond motifs is 1. The van der Waals surface area contributed by atoms with Crippen molar-refractivity contribution in [3.8, 4) is 0 Å². The Balaban J connectivity index is 1.85. The van der Waals surface area contributed by atoms with Crippen molar-refractivity contribution >= 4 is 73.5 Å². The number of halogens is 2. The molecule has 0 aliphatic heterocycles. The van der Waals surface area contributed by atoms with E-state index in [1.54, 1.807) is 23.1 Å². The van der Waals surface area contributed by atoms with E-state index in [1.165, 1.54) is 16.0 Å². The van der Waals surface area contributed by atoms with Gasteiger partial charge in [-0.3, -0.25) is 0 Å². The second-order valence-electron chi connectivity index (χ2n) is 4.51. The van der Waals surface area contributed by atoms with Gasteiger partial charge in [0.1, 0.15) is 0 Å². The molecule has 0 saturated carbocycles. The SMILES string of the molecule is CSc1nc2ccc(NC(C)c3cc(Cl)sc3Cl)cc2s1. The summed E-state index contributed by atoms with van der Waals surface area (Å²) >= 11 is 17.0. The van der Waals surface area contributed by atoms with Gasteiger partial charge in [-0.2, -0.15) is 0 Å². The lowest BCUT2D eigenvalue weighted by Crippen LogP contribution is -2.05. The van der Waals surface area contributed by atoms with E-state index in [-0.39, 0.29) is 6.04 Å². The summed E-state index contributed by atoms with van der Waals surface area (Å²) in [6, 6.07) is 8.24. The fourth-order valence-corrected chi connectivity index (χ4v) is 5.23. The third kappa shape index (κ3) is 3.32. The van der Waals surface area contributed by atoms with E-state index >= 15 is 0 Å². The van der Waals surface area contributed by atoms with Gasteiger partial charge in [-0.15, -0.1) is 22.7 Å². The lowest BCUT2D eigenvalue weighted by Gasteiger charge is -2.14. The van der Waals surface area contributed by atoms with Crippen LogP contribution in [-0.2, 0) is 0 Å². The normalized spacial score (nSPS) is 12.8. The van der Waals surface area contributed by atoms with Crippen LogP contribution in [0.2, 0.25) is 8.67 Å². The van der Waals surface area contributed by atoms with Gasteiger partial charge < -0.3 is 5.32 Å². The van der Waals surface area contributed by atoms with Crippen LogP contribution in [0, 0.1) is 0 Å². The molecule has 0 radical (unpaired) electrons. The maximum Gasteiger partial charge on any atom is 0.150 e. The monoisotopic (exact) mass is 374 g/mol. The number of nitrogens with zero attached hydrogens (tertiary/aromatic N) is 1. The molecular weight excluding hydrogens is 363 g/mol. The molecule has 1 unspecified atom stereocenters. The zero-order valence-electron chi connectivity index (χ0n) is 11.3. The number of hydrogen-bond donors (Lipinski definition) is 1. The highest BCUT2D eigenvalue weighted by molar-refractivity contribution is 8.00. The number of thiazole rings is 1. The van der Waals surface area contributed by atoms with Crippen LogP contribution >= 0.6 is 57.6 Å². The van der Waals surface area contributed by atoms with Crippen LogP contribution < -0.4 is 5.32 Å². The molecule has 1 N–H and O–H groups in total. The molecule has 0 bridgehead atoms. The van der Waals surface area contributed by atoms with Crippen molar-refractivity contribution in [3.63, 3.8) is 0 Å². The Bertz CT molecular complexity index is 782. The molecule has 110 valence electrons. The summed E-state index contributed by atoms with van der Waals surface area (Å²) in [5, 5.41) is 3.47. The van der Waals surface area contributed by atoms with Crippen LogP contribution in [0.25, 0.3) is 10.2 Å². The molecule has 0 amide bonds. The minimum atomic E-state index is 0.103. The molecular formula is C14H12Cl2N2S3. The van der Waals surface area contributed by atoms with Crippen LogP contribution in [0.3, 0.4) is 0 Å². The van der Waals surface area contributed by atoms with E-state index in [0.29, 0.717) is 4.34 Å². The van der Waals surface area contributed by atoms with E-state index < -0.39 is 0 Å². The first kappa shape index (κ1) is 15.4. The molecule has 0 aliphatic carbocycles. The van der Waals surface area contributed by atoms with Crippen molar-refractivity contribution in [2.75, 3.05) is 11.6 Å². The minimum absolute atomic E-state index is 0.103. The van der Waals surface area contributed by atoms with E-state index in [2.05, 4.69) is 23.3 Å². The predicted octanol–water partition coefficient (Wildman–Crippen LogP) is 6.56. The third-order valence-corrected chi connectivity index (χ3v) is 6.60. The molecule has 0 aliphatic rings. The molecule has 2 aromatic heterocycles. The summed E-state index contributed by atoms with van der Waals surface area (Å²) in [6.45, 7) is 2.08. The standard InChI is InChI=1S/C14H12Cl2N2S3/c1-7(9-6-12(15)21-13(9)16)17-8-3-4-10-11(5-8)20-14(18-10)19-2/h3-7,17H,1-2H3. The molecule has 2 heterocycles. The number of thiophene rings is 1. The van der Waals surface area contributed by atoms with E-state index in [9.17, 15) is 0 Å². The highest BCUT2D eigenvalue weighted by Gasteiger charge is 2.13. The van der Waals surface area contributed by atoms with Crippen molar-refractivity contribution in [3.05, 3.63) is 38.5 Å². The predicted molar refractivity (Wildman–Crippen MR) is 97.8 cm³/mol. The molecule has 3 rings (SSSR count). The Labute approximate surface area is 145 Å². The van der Waals surface area contributed by atoms with E-state index in [1.807, 2.05) is 24.5 Å². The van der Waals surface area contributed by atoms with Gasteiger partial charge in [-0.25, -0.2) is 4.98 Å². The van der Waals surface area contributed by atoms with Crippen molar-refractivity contribution in [2.24, 2.45) is 0 Å². The van der Waals surface area contributed by atoms with E-state index in [0.717, 1.165) is 25.4 Å². The fraction of sp³-hybridized carbons (Fsp3) is 0.214. The number of thioether (sulfide) groups is 1. The average Bonchev–Trinajstić information content (AvgIpc) is 3.00. The summed E-state index contributed by atoms with van der Waals surface area (Å²) in [7, 11) is 0. The smallest absolute Gasteiger partial charge is 0.150 e. The van der Waals surface area contributed by atoms with Gasteiger partial charge in [0.15, 0.2) is 4.34 Å². The Kier molecular flexibility index (Phi) is 4.66. The first-order valence-corrected chi connectivity index (χ1v) is 9.84. The van der Waals surface area contributed by atoms with Gasteiger partial charge in [-0.05, 0) is 37.4 Å². The summed E-state index contributed by atoms with van der Waals surface area (Å²) in [5.41, 5.74) is 3.13. The highest BCUT2D eigenvalue weighted by atomic mass is 35.5. The van der Waals surface area contributed by atoms with Crippen molar-refractivity contribution in [2.45, 2.75) is 17.3 Å². The van der Waals surface area contributed by atoms with Gasteiger partial charge in [-0.1, -0.05) is 35.0 Å². The van der Waals surface area contributed by atoms with Gasteiger partial charge in [0, 0.05) is 11.3 Å². The molecule has 2 nitrogen and oxygen atoms in total. The van der Waals surface area contributed by atoms with E-state index in [4.69, 9.17) is 23.2 Å². The zero-order valence-corrected chi connectivity index (χ0v) is 15.3. The first-order valence-electron chi connectivity index (χ1n) is 6.22. The Morgan fingerprint density at radius 1 is 1.24 bits per heavy atom.